The number of carbonyl (C=O) groups excluding carboxylic acids is 1. The molecule has 0 atom stereocenters. The highest BCUT2D eigenvalue weighted by molar-refractivity contribution is 6.07. The molecule has 0 bridgehead atoms. The molecule has 3 aromatic rings. The summed E-state index contributed by atoms with van der Waals surface area (Å²) >= 11 is 0. The van der Waals surface area contributed by atoms with E-state index in [1.54, 1.807) is 25.3 Å². The van der Waals surface area contributed by atoms with Crippen molar-refractivity contribution in [3.05, 3.63) is 47.8 Å². The summed E-state index contributed by atoms with van der Waals surface area (Å²) in [4.78, 5) is 17.5. The van der Waals surface area contributed by atoms with Crippen molar-refractivity contribution in [2.45, 2.75) is 32.2 Å². The summed E-state index contributed by atoms with van der Waals surface area (Å²) in [5, 5.41) is 2.95. The maximum absolute atomic E-state index is 12.7. The SMILES string of the molecule is COc1ccc(C(=O)Nc2ccc3c(c2)nc2n3CCCCC2)c(OC)c1. The first-order chi connectivity index (χ1) is 13.2. The number of rotatable bonds is 4. The van der Waals surface area contributed by atoms with Gasteiger partial charge in [0.2, 0.25) is 0 Å². The largest absolute Gasteiger partial charge is 0.497 e. The third-order valence-electron chi connectivity index (χ3n) is 5.02. The Kier molecular flexibility index (Phi) is 4.71. The highest BCUT2D eigenvalue weighted by Gasteiger charge is 2.16. The molecule has 27 heavy (non-hydrogen) atoms. The number of amides is 1. The molecule has 1 aliphatic heterocycles. The van der Waals surface area contributed by atoms with Gasteiger partial charge >= 0.3 is 0 Å². The summed E-state index contributed by atoms with van der Waals surface area (Å²) in [6.07, 6.45) is 4.64. The molecule has 1 aliphatic rings. The third kappa shape index (κ3) is 3.35. The molecule has 0 fully saturated rings. The fraction of sp³-hybridized carbons (Fsp3) is 0.333. The van der Waals surface area contributed by atoms with Gasteiger partial charge in [0.25, 0.3) is 5.91 Å². The van der Waals surface area contributed by atoms with Gasteiger partial charge in [-0.2, -0.15) is 0 Å². The van der Waals surface area contributed by atoms with Crippen molar-refractivity contribution in [1.29, 1.82) is 0 Å². The van der Waals surface area contributed by atoms with E-state index in [1.807, 2.05) is 18.2 Å². The summed E-state index contributed by atoms with van der Waals surface area (Å²) in [5.74, 6) is 2.03. The summed E-state index contributed by atoms with van der Waals surface area (Å²) < 4.78 is 12.8. The topological polar surface area (TPSA) is 65.4 Å². The van der Waals surface area contributed by atoms with E-state index in [-0.39, 0.29) is 5.91 Å². The summed E-state index contributed by atoms with van der Waals surface area (Å²) in [5.41, 5.74) is 3.23. The number of hydrogen-bond acceptors (Lipinski definition) is 4. The number of carbonyl (C=O) groups is 1. The fourth-order valence-electron chi connectivity index (χ4n) is 3.61. The number of anilines is 1. The van der Waals surface area contributed by atoms with Crippen molar-refractivity contribution in [1.82, 2.24) is 9.55 Å². The lowest BCUT2D eigenvalue weighted by Gasteiger charge is -2.11. The van der Waals surface area contributed by atoms with E-state index < -0.39 is 0 Å². The van der Waals surface area contributed by atoms with Crippen LogP contribution in [0.25, 0.3) is 11.0 Å². The highest BCUT2D eigenvalue weighted by atomic mass is 16.5. The molecule has 0 saturated heterocycles. The smallest absolute Gasteiger partial charge is 0.259 e. The van der Waals surface area contributed by atoms with Gasteiger partial charge in [-0.3, -0.25) is 4.79 Å². The van der Waals surface area contributed by atoms with Crippen LogP contribution in [0.15, 0.2) is 36.4 Å². The molecule has 0 radical (unpaired) electrons. The number of nitrogens with zero attached hydrogens (tertiary/aromatic N) is 2. The summed E-state index contributed by atoms with van der Waals surface area (Å²) in [6, 6.07) is 11.0. The summed E-state index contributed by atoms with van der Waals surface area (Å²) in [6.45, 7) is 1.01. The first kappa shape index (κ1) is 17.4. The molecule has 1 aromatic heterocycles. The number of aryl methyl sites for hydroxylation is 2. The molecule has 4 rings (SSSR count). The maximum atomic E-state index is 12.7. The minimum absolute atomic E-state index is 0.227. The van der Waals surface area contributed by atoms with E-state index >= 15 is 0 Å². The Labute approximate surface area is 158 Å². The normalized spacial score (nSPS) is 13.7. The second kappa shape index (κ2) is 7.31. The molecule has 1 N–H and O–H groups in total. The van der Waals surface area contributed by atoms with Crippen LogP contribution < -0.4 is 14.8 Å². The highest BCUT2D eigenvalue weighted by Crippen LogP contribution is 2.27. The van der Waals surface area contributed by atoms with Gasteiger partial charge < -0.3 is 19.4 Å². The minimum Gasteiger partial charge on any atom is -0.497 e. The Morgan fingerprint density at radius 3 is 2.78 bits per heavy atom. The number of benzene rings is 2. The van der Waals surface area contributed by atoms with Crippen molar-refractivity contribution < 1.29 is 14.3 Å². The Morgan fingerprint density at radius 2 is 1.96 bits per heavy atom. The van der Waals surface area contributed by atoms with Crippen LogP contribution in [-0.2, 0) is 13.0 Å². The standard InChI is InChI=1S/C21H23N3O3/c1-26-15-8-9-16(19(13-15)27-2)21(25)22-14-7-10-18-17(12-14)23-20-6-4-3-5-11-24(18)20/h7-10,12-13H,3-6,11H2,1-2H3,(H,22,25). The molecule has 0 unspecified atom stereocenters. The quantitative estimate of drug-likeness (QED) is 0.758. The minimum atomic E-state index is -0.227. The second-order valence-corrected chi connectivity index (χ2v) is 6.71. The molecular formula is C21H23N3O3. The Hall–Kier alpha value is -3.02. The van der Waals surface area contributed by atoms with Crippen LogP contribution in [0.3, 0.4) is 0 Å². The number of imidazole rings is 1. The van der Waals surface area contributed by atoms with Crippen LogP contribution in [0.1, 0.15) is 35.4 Å². The predicted octanol–water partition coefficient (Wildman–Crippen LogP) is 4.03. The number of hydrogen-bond donors (Lipinski definition) is 1. The maximum Gasteiger partial charge on any atom is 0.259 e. The number of aromatic nitrogens is 2. The second-order valence-electron chi connectivity index (χ2n) is 6.71. The van der Waals surface area contributed by atoms with Crippen molar-refractivity contribution >= 4 is 22.6 Å². The molecular weight excluding hydrogens is 342 g/mol. The lowest BCUT2D eigenvalue weighted by atomic mass is 10.1. The van der Waals surface area contributed by atoms with Crippen molar-refractivity contribution in [3.63, 3.8) is 0 Å². The molecule has 0 spiro atoms. The van der Waals surface area contributed by atoms with Crippen LogP contribution in [0.2, 0.25) is 0 Å². The average Bonchev–Trinajstić information content (AvgIpc) is 2.87. The molecule has 0 saturated carbocycles. The predicted molar refractivity (Wildman–Crippen MR) is 105 cm³/mol. The molecule has 140 valence electrons. The third-order valence-corrected chi connectivity index (χ3v) is 5.02. The first-order valence-corrected chi connectivity index (χ1v) is 9.22. The van der Waals surface area contributed by atoms with E-state index in [1.165, 1.54) is 26.4 Å². The van der Waals surface area contributed by atoms with Crippen LogP contribution in [0.5, 0.6) is 11.5 Å². The number of ether oxygens (including phenoxy) is 2. The fourth-order valence-corrected chi connectivity index (χ4v) is 3.61. The van der Waals surface area contributed by atoms with E-state index in [9.17, 15) is 4.79 Å². The van der Waals surface area contributed by atoms with E-state index in [0.717, 1.165) is 35.5 Å². The Morgan fingerprint density at radius 1 is 1.07 bits per heavy atom. The zero-order chi connectivity index (χ0) is 18.8. The molecule has 2 aromatic carbocycles. The lowest BCUT2D eigenvalue weighted by Crippen LogP contribution is -2.13. The molecule has 2 heterocycles. The molecule has 6 heteroatoms. The molecule has 1 amide bonds. The van der Waals surface area contributed by atoms with Crippen LogP contribution in [-0.4, -0.2) is 29.7 Å². The van der Waals surface area contributed by atoms with E-state index in [4.69, 9.17) is 14.5 Å². The van der Waals surface area contributed by atoms with Gasteiger partial charge in [-0.25, -0.2) is 4.98 Å². The molecule has 0 aliphatic carbocycles. The Bertz CT molecular complexity index is 994. The lowest BCUT2D eigenvalue weighted by molar-refractivity contribution is 0.102. The van der Waals surface area contributed by atoms with Crippen LogP contribution >= 0.6 is 0 Å². The van der Waals surface area contributed by atoms with Gasteiger partial charge in [0, 0.05) is 24.7 Å². The van der Waals surface area contributed by atoms with Gasteiger partial charge in [0.15, 0.2) is 0 Å². The summed E-state index contributed by atoms with van der Waals surface area (Å²) in [7, 11) is 3.12. The van der Waals surface area contributed by atoms with Gasteiger partial charge in [0.05, 0.1) is 30.8 Å². The van der Waals surface area contributed by atoms with Crippen LogP contribution in [0.4, 0.5) is 5.69 Å². The molecule has 6 nitrogen and oxygen atoms in total. The zero-order valence-electron chi connectivity index (χ0n) is 15.6. The Balaban J connectivity index is 1.61. The van der Waals surface area contributed by atoms with E-state index in [0.29, 0.717) is 17.1 Å². The average molecular weight is 365 g/mol. The van der Waals surface area contributed by atoms with Crippen molar-refractivity contribution in [2.75, 3.05) is 19.5 Å². The zero-order valence-corrected chi connectivity index (χ0v) is 15.6. The van der Waals surface area contributed by atoms with Crippen LogP contribution in [0, 0.1) is 0 Å². The monoisotopic (exact) mass is 365 g/mol. The number of methoxy groups -OCH3 is 2. The van der Waals surface area contributed by atoms with Gasteiger partial charge in [0.1, 0.15) is 17.3 Å². The number of fused-ring (bicyclic) bond motifs is 3. The van der Waals surface area contributed by atoms with Gasteiger partial charge in [-0.05, 0) is 43.2 Å². The van der Waals surface area contributed by atoms with Crippen molar-refractivity contribution in [3.8, 4) is 11.5 Å². The number of nitrogens with one attached hydrogen (secondary N) is 1. The van der Waals surface area contributed by atoms with E-state index in [2.05, 4.69) is 9.88 Å². The van der Waals surface area contributed by atoms with Gasteiger partial charge in [-0.1, -0.05) is 6.42 Å². The van der Waals surface area contributed by atoms with Crippen molar-refractivity contribution in [2.24, 2.45) is 0 Å². The van der Waals surface area contributed by atoms with Gasteiger partial charge in [-0.15, -0.1) is 0 Å². The first-order valence-electron chi connectivity index (χ1n) is 9.22.